The molecule has 1 aromatic carbocycles. The molecule has 17 heavy (non-hydrogen) atoms. The van der Waals surface area contributed by atoms with Gasteiger partial charge in [0.05, 0.1) is 0 Å². The summed E-state index contributed by atoms with van der Waals surface area (Å²) in [5, 5.41) is 0. The Morgan fingerprint density at radius 1 is 1.06 bits per heavy atom. The van der Waals surface area contributed by atoms with Gasteiger partial charge in [0.1, 0.15) is 5.78 Å². The summed E-state index contributed by atoms with van der Waals surface area (Å²) in [4.78, 5) is 12.1. The first-order valence-electron chi connectivity index (χ1n) is 6.68. The molecule has 0 radical (unpaired) electrons. The van der Waals surface area contributed by atoms with Crippen LogP contribution in [0.15, 0.2) is 29.8 Å². The fraction of sp³-hybridized carbons (Fsp3) is 0.438. The van der Waals surface area contributed by atoms with Crippen LogP contribution in [0, 0.1) is 11.8 Å². The number of carbonyl (C=O) groups is 1. The largest absolute Gasteiger partial charge is 0.299 e. The van der Waals surface area contributed by atoms with Crippen molar-refractivity contribution in [3.8, 4) is 0 Å². The average molecular weight is 224 g/mol. The molecule has 1 aromatic rings. The number of ketones is 1. The first-order chi connectivity index (χ1) is 8.34. The van der Waals surface area contributed by atoms with E-state index in [-0.39, 0.29) is 5.92 Å². The first kappa shape index (κ1) is 9.64. The van der Waals surface area contributed by atoms with E-state index in [1.54, 1.807) is 5.57 Å². The van der Waals surface area contributed by atoms with Crippen molar-refractivity contribution in [3.05, 3.63) is 41.0 Å². The molecule has 4 aliphatic rings. The van der Waals surface area contributed by atoms with E-state index in [2.05, 4.69) is 24.3 Å². The van der Waals surface area contributed by atoms with Crippen LogP contribution in [0.4, 0.5) is 0 Å². The Hall–Kier alpha value is -1.37. The van der Waals surface area contributed by atoms with Crippen molar-refractivity contribution in [1.82, 2.24) is 0 Å². The number of carbonyl (C=O) groups excluding carboxylic acids is 1. The number of benzene rings is 1. The SMILES string of the molecule is O=C1CC2CCC1C1=C2CCc2ccccc21. The molecule has 0 spiro atoms. The zero-order valence-electron chi connectivity index (χ0n) is 9.91. The second kappa shape index (κ2) is 3.32. The predicted octanol–water partition coefficient (Wildman–Crippen LogP) is 3.39. The minimum absolute atomic E-state index is 0.233. The normalized spacial score (nSPS) is 30.2. The number of hydrogen-bond donors (Lipinski definition) is 0. The molecule has 86 valence electrons. The minimum atomic E-state index is 0.233. The number of fused-ring (bicyclic) bond motifs is 3. The molecular weight excluding hydrogens is 208 g/mol. The summed E-state index contributed by atoms with van der Waals surface area (Å²) in [7, 11) is 0. The number of rotatable bonds is 0. The van der Waals surface area contributed by atoms with Gasteiger partial charge >= 0.3 is 0 Å². The Balaban J connectivity index is 1.96. The summed E-state index contributed by atoms with van der Waals surface area (Å²) in [6.45, 7) is 0. The Morgan fingerprint density at radius 3 is 2.82 bits per heavy atom. The highest BCUT2D eigenvalue weighted by Crippen LogP contribution is 2.51. The van der Waals surface area contributed by atoms with E-state index in [1.165, 1.54) is 36.0 Å². The van der Waals surface area contributed by atoms with Gasteiger partial charge in [-0.25, -0.2) is 0 Å². The summed E-state index contributed by atoms with van der Waals surface area (Å²) in [5.74, 6) is 1.31. The summed E-state index contributed by atoms with van der Waals surface area (Å²) in [6, 6.07) is 8.68. The number of aryl methyl sites for hydroxylation is 1. The van der Waals surface area contributed by atoms with Crippen LogP contribution in [0.25, 0.3) is 5.57 Å². The molecule has 2 bridgehead atoms. The van der Waals surface area contributed by atoms with Gasteiger partial charge in [0.15, 0.2) is 0 Å². The Morgan fingerprint density at radius 2 is 1.94 bits per heavy atom. The van der Waals surface area contributed by atoms with Gasteiger partial charge in [-0.2, -0.15) is 0 Å². The van der Waals surface area contributed by atoms with Crippen molar-refractivity contribution in [1.29, 1.82) is 0 Å². The second-order valence-electron chi connectivity index (χ2n) is 5.59. The maximum atomic E-state index is 12.1. The van der Waals surface area contributed by atoms with E-state index in [9.17, 15) is 4.79 Å². The molecule has 0 aromatic heterocycles. The third-order valence-electron chi connectivity index (χ3n) is 4.80. The van der Waals surface area contributed by atoms with Gasteiger partial charge < -0.3 is 0 Å². The second-order valence-corrected chi connectivity index (χ2v) is 5.59. The van der Waals surface area contributed by atoms with E-state index in [0.29, 0.717) is 11.7 Å². The van der Waals surface area contributed by atoms with Crippen molar-refractivity contribution in [2.45, 2.75) is 32.1 Å². The lowest BCUT2D eigenvalue weighted by Crippen LogP contribution is -2.35. The highest BCUT2D eigenvalue weighted by molar-refractivity contribution is 5.98. The summed E-state index contributed by atoms with van der Waals surface area (Å²) >= 11 is 0. The van der Waals surface area contributed by atoms with Gasteiger partial charge in [0, 0.05) is 12.3 Å². The van der Waals surface area contributed by atoms with Gasteiger partial charge in [0.2, 0.25) is 0 Å². The summed E-state index contributed by atoms with van der Waals surface area (Å²) in [6.07, 6.45) is 5.53. The summed E-state index contributed by atoms with van der Waals surface area (Å²) < 4.78 is 0. The monoisotopic (exact) mass is 224 g/mol. The molecule has 2 unspecified atom stereocenters. The zero-order chi connectivity index (χ0) is 11.4. The smallest absolute Gasteiger partial charge is 0.140 e. The number of allylic oxidation sites excluding steroid dienone is 2. The highest BCUT2D eigenvalue weighted by Gasteiger charge is 2.42. The molecule has 4 aliphatic carbocycles. The Labute approximate surface area is 102 Å². The molecular formula is C16H16O. The van der Waals surface area contributed by atoms with Crippen LogP contribution >= 0.6 is 0 Å². The lowest BCUT2D eigenvalue weighted by molar-refractivity contribution is -0.124. The minimum Gasteiger partial charge on any atom is -0.299 e. The van der Waals surface area contributed by atoms with Crippen LogP contribution in [0.2, 0.25) is 0 Å². The third-order valence-corrected chi connectivity index (χ3v) is 4.80. The molecule has 0 saturated heterocycles. The van der Waals surface area contributed by atoms with Gasteiger partial charge in [-0.15, -0.1) is 0 Å². The van der Waals surface area contributed by atoms with E-state index in [4.69, 9.17) is 0 Å². The molecule has 5 rings (SSSR count). The van der Waals surface area contributed by atoms with E-state index in [1.807, 2.05) is 0 Å². The molecule has 1 heteroatoms. The van der Waals surface area contributed by atoms with Crippen LogP contribution < -0.4 is 0 Å². The molecule has 1 nitrogen and oxygen atoms in total. The van der Waals surface area contributed by atoms with E-state index in [0.717, 1.165) is 12.8 Å². The Bertz CT molecular complexity index is 538. The van der Waals surface area contributed by atoms with Crippen LogP contribution in [-0.2, 0) is 11.2 Å². The fourth-order valence-electron chi connectivity index (χ4n) is 4.03. The van der Waals surface area contributed by atoms with Gasteiger partial charge in [0.25, 0.3) is 0 Å². The molecule has 0 aliphatic heterocycles. The van der Waals surface area contributed by atoms with Crippen LogP contribution in [0.1, 0.15) is 36.8 Å². The van der Waals surface area contributed by atoms with Crippen LogP contribution in [0.5, 0.6) is 0 Å². The van der Waals surface area contributed by atoms with E-state index < -0.39 is 0 Å². The van der Waals surface area contributed by atoms with Crippen molar-refractivity contribution in [3.63, 3.8) is 0 Å². The van der Waals surface area contributed by atoms with Crippen LogP contribution in [-0.4, -0.2) is 5.78 Å². The molecule has 2 atom stereocenters. The molecule has 0 heterocycles. The maximum Gasteiger partial charge on any atom is 0.140 e. The van der Waals surface area contributed by atoms with Gasteiger partial charge in [-0.1, -0.05) is 29.8 Å². The standard InChI is InChI=1S/C16H16O/c17-15-9-11-6-8-14(15)16-12-4-2-1-3-10(12)5-7-13(11)16/h1-4,11,14H,5-9H2. The highest BCUT2D eigenvalue weighted by atomic mass is 16.1. The maximum absolute atomic E-state index is 12.1. The quantitative estimate of drug-likeness (QED) is 0.660. The summed E-state index contributed by atoms with van der Waals surface area (Å²) in [5.41, 5.74) is 5.89. The predicted molar refractivity (Wildman–Crippen MR) is 67.5 cm³/mol. The van der Waals surface area contributed by atoms with Gasteiger partial charge in [-0.3, -0.25) is 4.79 Å². The van der Waals surface area contributed by atoms with E-state index >= 15 is 0 Å². The lowest BCUT2D eigenvalue weighted by Gasteiger charge is -2.42. The molecule has 1 saturated carbocycles. The van der Waals surface area contributed by atoms with Crippen molar-refractivity contribution < 1.29 is 4.79 Å². The topological polar surface area (TPSA) is 17.1 Å². The molecule has 0 amide bonds. The molecule has 0 N–H and O–H groups in total. The fourth-order valence-corrected chi connectivity index (χ4v) is 4.03. The Kier molecular flexibility index (Phi) is 1.88. The zero-order valence-corrected chi connectivity index (χ0v) is 9.91. The first-order valence-corrected chi connectivity index (χ1v) is 6.68. The van der Waals surface area contributed by atoms with Crippen molar-refractivity contribution in [2.75, 3.05) is 0 Å². The van der Waals surface area contributed by atoms with Crippen molar-refractivity contribution in [2.24, 2.45) is 11.8 Å². The lowest BCUT2D eigenvalue weighted by atomic mass is 9.61. The van der Waals surface area contributed by atoms with Crippen molar-refractivity contribution >= 4 is 11.4 Å². The number of hydrogen-bond acceptors (Lipinski definition) is 1. The average Bonchev–Trinajstić information content (AvgIpc) is 2.39. The third kappa shape index (κ3) is 1.23. The van der Waals surface area contributed by atoms with Gasteiger partial charge in [-0.05, 0) is 48.3 Å². The number of Topliss-reactive ketones (excluding diaryl/α,β-unsaturated/α-hetero) is 1. The molecule has 1 fully saturated rings. The van der Waals surface area contributed by atoms with Crippen LogP contribution in [0.3, 0.4) is 0 Å².